The summed E-state index contributed by atoms with van der Waals surface area (Å²) in [5.41, 5.74) is 7.36. The highest BCUT2D eigenvalue weighted by molar-refractivity contribution is 5.56. The Balaban J connectivity index is 2.90. The molecule has 1 aromatic rings. The van der Waals surface area contributed by atoms with Crippen LogP contribution >= 0.6 is 0 Å². The third-order valence-electron chi connectivity index (χ3n) is 3.82. The van der Waals surface area contributed by atoms with Crippen LogP contribution in [-0.4, -0.2) is 0 Å². The monoisotopic (exact) mass is 338 g/mol. The number of allylic oxidation sites excluding steroid dienone is 8. The Bertz CT molecular complexity index is 918. The van der Waals surface area contributed by atoms with E-state index in [1.165, 1.54) is 5.56 Å². The predicted octanol–water partition coefficient (Wildman–Crippen LogP) is 6.49. The summed E-state index contributed by atoms with van der Waals surface area (Å²) in [5.74, 6) is 12.3. The van der Waals surface area contributed by atoms with Crippen LogP contribution in [0.1, 0.15) is 31.9 Å². The maximum absolute atomic E-state index is 4.08. The first-order valence-electron chi connectivity index (χ1n) is 8.40. The van der Waals surface area contributed by atoms with Crippen LogP contribution in [0.5, 0.6) is 0 Å². The summed E-state index contributed by atoms with van der Waals surface area (Å²) in [6.07, 6.45) is 3.73. The molecule has 0 aliphatic carbocycles. The van der Waals surface area contributed by atoms with Crippen LogP contribution in [0.4, 0.5) is 0 Å². The maximum Gasteiger partial charge on any atom is 0.0249 e. The summed E-state index contributed by atoms with van der Waals surface area (Å²) in [6.45, 7) is 23.8. The third kappa shape index (κ3) is 7.12. The molecule has 0 N–H and O–H groups in total. The first-order valence-corrected chi connectivity index (χ1v) is 8.40. The van der Waals surface area contributed by atoms with Gasteiger partial charge in [-0.1, -0.05) is 79.3 Å². The lowest BCUT2D eigenvalue weighted by Gasteiger charge is -2.05. The smallest absolute Gasteiger partial charge is 0.0249 e. The Morgan fingerprint density at radius 1 is 0.769 bits per heavy atom. The largest absolute Gasteiger partial charge is 0.0961 e. The van der Waals surface area contributed by atoms with Gasteiger partial charge in [0.25, 0.3) is 0 Å². The molecule has 0 saturated carbocycles. The van der Waals surface area contributed by atoms with Crippen LogP contribution in [0.25, 0.3) is 0 Å². The minimum absolute atomic E-state index is 0.720. The average Bonchev–Trinajstić information content (AvgIpc) is 2.62. The van der Waals surface area contributed by atoms with Crippen molar-refractivity contribution in [2.75, 3.05) is 0 Å². The number of aryl methyl sites for hydroxylation is 1. The summed E-state index contributed by atoms with van der Waals surface area (Å²) in [6, 6.07) is 8.12. The van der Waals surface area contributed by atoms with Crippen molar-refractivity contribution in [3.8, 4) is 23.7 Å². The number of hydrogen-bond donors (Lipinski definition) is 0. The molecule has 0 aliphatic rings. The van der Waals surface area contributed by atoms with Crippen molar-refractivity contribution in [1.29, 1.82) is 0 Å². The van der Waals surface area contributed by atoms with Crippen molar-refractivity contribution in [3.05, 3.63) is 107 Å². The molecule has 0 aromatic heterocycles. The number of benzene rings is 1. The average molecular weight is 338 g/mol. The second kappa shape index (κ2) is 9.93. The standard InChI is InChI=1S/C26H26/c1-19(2)9-10-20(3)11-14-22(5)24(7)25(8)23(6)15-18-26-16-12-21(4)13-17-26/h9-10,12-13,16-17H,1,3,5-6H2,2,4,7-8H3/b10-9-,25-24-. The van der Waals surface area contributed by atoms with Crippen LogP contribution in [-0.2, 0) is 0 Å². The van der Waals surface area contributed by atoms with Gasteiger partial charge < -0.3 is 0 Å². The molecule has 0 aliphatic heterocycles. The van der Waals surface area contributed by atoms with Gasteiger partial charge in [0.2, 0.25) is 0 Å². The number of rotatable bonds is 4. The molecule has 0 fully saturated rings. The second-order valence-electron chi connectivity index (χ2n) is 6.28. The summed E-state index contributed by atoms with van der Waals surface area (Å²) in [7, 11) is 0. The first-order chi connectivity index (χ1) is 12.2. The molecular formula is C26H26. The van der Waals surface area contributed by atoms with Crippen molar-refractivity contribution in [3.63, 3.8) is 0 Å². The zero-order chi connectivity index (χ0) is 19.7. The molecule has 0 amide bonds. The molecule has 0 unspecified atom stereocenters. The molecular weight excluding hydrogens is 312 g/mol. The molecule has 0 nitrogen and oxygen atoms in total. The minimum atomic E-state index is 0.720. The molecule has 0 heteroatoms. The van der Waals surface area contributed by atoms with Gasteiger partial charge >= 0.3 is 0 Å². The van der Waals surface area contributed by atoms with Crippen LogP contribution < -0.4 is 0 Å². The Labute approximate surface area is 159 Å². The van der Waals surface area contributed by atoms with E-state index in [0.29, 0.717) is 0 Å². The van der Waals surface area contributed by atoms with Crippen molar-refractivity contribution in [2.45, 2.75) is 27.7 Å². The van der Waals surface area contributed by atoms with Crippen molar-refractivity contribution < 1.29 is 0 Å². The predicted molar refractivity (Wildman–Crippen MR) is 116 cm³/mol. The molecule has 26 heavy (non-hydrogen) atoms. The highest BCUT2D eigenvalue weighted by Gasteiger charge is 2.02. The minimum Gasteiger partial charge on any atom is -0.0961 e. The van der Waals surface area contributed by atoms with Crippen LogP contribution in [0.3, 0.4) is 0 Å². The SMILES string of the molecule is C=C(C)/C=C\C(=C)C#CC(=C)/C(C)=C(/C)C(=C)C#Cc1ccc(C)cc1. The van der Waals surface area contributed by atoms with Gasteiger partial charge in [0.05, 0.1) is 0 Å². The van der Waals surface area contributed by atoms with Gasteiger partial charge in [0.15, 0.2) is 0 Å². The van der Waals surface area contributed by atoms with Gasteiger partial charge in [-0.2, -0.15) is 0 Å². The zero-order valence-electron chi connectivity index (χ0n) is 16.3. The summed E-state index contributed by atoms with van der Waals surface area (Å²) < 4.78 is 0. The quantitative estimate of drug-likeness (QED) is 0.435. The second-order valence-corrected chi connectivity index (χ2v) is 6.28. The Kier molecular flexibility index (Phi) is 7.95. The molecule has 0 heterocycles. The fraction of sp³-hybridized carbons (Fsp3) is 0.154. The van der Waals surface area contributed by atoms with Crippen molar-refractivity contribution >= 4 is 0 Å². The third-order valence-corrected chi connectivity index (χ3v) is 3.82. The Hall–Kier alpha value is -3.22. The van der Waals surface area contributed by atoms with E-state index in [1.807, 2.05) is 57.2 Å². The summed E-state index contributed by atoms with van der Waals surface area (Å²) in [5, 5.41) is 0. The summed E-state index contributed by atoms with van der Waals surface area (Å²) in [4.78, 5) is 0. The fourth-order valence-electron chi connectivity index (χ4n) is 1.86. The van der Waals surface area contributed by atoms with Gasteiger partial charge in [-0.05, 0) is 57.0 Å². The van der Waals surface area contributed by atoms with Crippen LogP contribution in [0.15, 0.2) is 96.2 Å². The van der Waals surface area contributed by atoms with Gasteiger partial charge in [0.1, 0.15) is 0 Å². The first kappa shape index (κ1) is 20.8. The van der Waals surface area contributed by atoms with Gasteiger partial charge in [-0.15, -0.1) is 0 Å². The molecule has 0 radical (unpaired) electrons. The lowest BCUT2D eigenvalue weighted by Crippen LogP contribution is -1.89. The normalized spacial score (nSPS) is 10.8. The Morgan fingerprint density at radius 3 is 1.85 bits per heavy atom. The van der Waals surface area contributed by atoms with E-state index >= 15 is 0 Å². The lowest BCUT2D eigenvalue weighted by molar-refractivity contribution is 1.32. The van der Waals surface area contributed by atoms with Gasteiger partial charge in [0, 0.05) is 22.3 Å². The van der Waals surface area contributed by atoms with Crippen molar-refractivity contribution in [1.82, 2.24) is 0 Å². The lowest BCUT2D eigenvalue weighted by atomic mass is 9.98. The van der Waals surface area contributed by atoms with E-state index in [-0.39, 0.29) is 0 Å². The molecule has 1 rings (SSSR count). The van der Waals surface area contributed by atoms with Gasteiger partial charge in [-0.3, -0.25) is 0 Å². The molecule has 0 spiro atoms. The van der Waals surface area contributed by atoms with E-state index < -0.39 is 0 Å². The molecule has 0 saturated heterocycles. The fourth-order valence-corrected chi connectivity index (χ4v) is 1.86. The zero-order valence-corrected chi connectivity index (χ0v) is 16.3. The van der Waals surface area contributed by atoms with E-state index in [4.69, 9.17) is 0 Å². The van der Waals surface area contributed by atoms with Gasteiger partial charge in [-0.25, -0.2) is 0 Å². The van der Waals surface area contributed by atoms with E-state index in [2.05, 4.69) is 56.9 Å². The van der Waals surface area contributed by atoms with E-state index in [0.717, 1.165) is 39.0 Å². The Morgan fingerprint density at radius 2 is 1.31 bits per heavy atom. The van der Waals surface area contributed by atoms with Crippen LogP contribution in [0.2, 0.25) is 0 Å². The molecule has 130 valence electrons. The molecule has 0 bridgehead atoms. The highest BCUT2D eigenvalue weighted by Crippen LogP contribution is 2.18. The van der Waals surface area contributed by atoms with E-state index in [1.54, 1.807) is 0 Å². The van der Waals surface area contributed by atoms with Crippen LogP contribution in [0, 0.1) is 30.6 Å². The topological polar surface area (TPSA) is 0 Å². The van der Waals surface area contributed by atoms with E-state index in [9.17, 15) is 0 Å². The summed E-state index contributed by atoms with van der Waals surface area (Å²) >= 11 is 0. The maximum atomic E-state index is 4.08. The number of hydrogen-bond acceptors (Lipinski definition) is 0. The molecule has 0 atom stereocenters. The highest BCUT2D eigenvalue weighted by atomic mass is 14.1. The molecule has 1 aromatic carbocycles. The van der Waals surface area contributed by atoms with Crippen molar-refractivity contribution in [2.24, 2.45) is 0 Å².